The summed E-state index contributed by atoms with van der Waals surface area (Å²) in [7, 11) is 0. The van der Waals surface area contributed by atoms with E-state index in [2.05, 4.69) is 0 Å². The van der Waals surface area contributed by atoms with E-state index in [4.69, 9.17) is 10.2 Å². The first kappa shape index (κ1) is 14.7. The maximum absolute atomic E-state index is 11.7. The molecule has 0 saturated heterocycles. The Hall–Kier alpha value is -1.31. The van der Waals surface area contributed by atoms with Crippen LogP contribution in [0.4, 0.5) is 0 Å². The zero-order chi connectivity index (χ0) is 13.7. The number of carbonyl (C=O) groups is 1. The fourth-order valence-corrected chi connectivity index (χ4v) is 1.45. The van der Waals surface area contributed by atoms with Crippen molar-refractivity contribution in [1.29, 1.82) is 0 Å². The van der Waals surface area contributed by atoms with Crippen LogP contribution in [0.5, 0.6) is 0 Å². The summed E-state index contributed by atoms with van der Waals surface area (Å²) < 4.78 is 0. The lowest BCUT2D eigenvalue weighted by molar-refractivity contribution is -0.105. The standard InChI is InChI=1S/C12H16O6/c13-6-8(14)10(16)12(18)11(17)9(15)7-4-2-1-3-5-7/h1-5,8,10-14,16-18H,6H2/t8-,10-,11-,12+/m1/s1. The molecule has 1 aromatic rings. The van der Waals surface area contributed by atoms with E-state index in [0.717, 1.165) is 0 Å². The van der Waals surface area contributed by atoms with E-state index < -0.39 is 36.8 Å². The number of carbonyl (C=O) groups excluding carboxylic acids is 1. The zero-order valence-electron chi connectivity index (χ0n) is 9.55. The second-order valence-corrected chi connectivity index (χ2v) is 3.91. The van der Waals surface area contributed by atoms with Gasteiger partial charge in [-0.2, -0.15) is 0 Å². The minimum Gasteiger partial charge on any atom is -0.394 e. The molecule has 0 saturated carbocycles. The van der Waals surface area contributed by atoms with Crippen molar-refractivity contribution >= 4 is 5.78 Å². The highest BCUT2D eigenvalue weighted by atomic mass is 16.4. The van der Waals surface area contributed by atoms with E-state index in [0.29, 0.717) is 0 Å². The first-order chi connectivity index (χ1) is 8.49. The van der Waals surface area contributed by atoms with Crippen LogP contribution in [-0.2, 0) is 0 Å². The lowest BCUT2D eigenvalue weighted by Crippen LogP contribution is -2.48. The maximum Gasteiger partial charge on any atom is 0.194 e. The largest absolute Gasteiger partial charge is 0.394 e. The summed E-state index contributed by atoms with van der Waals surface area (Å²) in [5.41, 5.74) is 0.176. The van der Waals surface area contributed by atoms with Gasteiger partial charge in [0.15, 0.2) is 5.78 Å². The molecule has 0 fully saturated rings. The monoisotopic (exact) mass is 256 g/mol. The second kappa shape index (κ2) is 6.58. The molecule has 0 aromatic heterocycles. The lowest BCUT2D eigenvalue weighted by atomic mass is 9.97. The second-order valence-electron chi connectivity index (χ2n) is 3.91. The van der Waals surface area contributed by atoms with Crippen LogP contribution in [0.25, 0.3) is 0 Å². The number of rotatable bonds is 6. The number of aliphatic hydroxyl groups is 5. The number of Topliss-reactive ketones (excluding diaryl/α,β-unsaturated/α-hetero) is 1. The first-order valence-electron chi connectivity index (χ1n) is 5.41. The van der Waals surface area contributed by atoms with Crippen LogP contribution in [0.15, 0.2) is 30.3 Å². The van der Waals surface area contributed by atoms with Gasteiger partial charge in [-0.25, -0.2) is 0 Å². The van der Waals surface area contributed by atoms with Crippen molar-refractivity contribution in [2.24, 2.45) is 0 Å². The lowest BCUT2D eigenvalue weighted by Gasteiger charge is -2.24. The Bertz CT molecular complexity index is 379. The molecule has 6 nitrogen and oxygen atoms in total. The molecule has 0 spiro atoms. The van der Waals surface area contributed by atoms with Crippen molar-refractivity contribution in [2.75, 3.05) is 6.61 Å². The summed E-state index contributed by atoms with van der Waals surface area (Å²) in [6.07, 6.45) is -7.18. The van der Waals surface area contributed by atoms with Crippen LogP contribution in [0.2, 0.25) is 0 Å². The van der Waals surface area contributed by atoms with Gasteiger partial charge in [0.1, 0.15) is 24.4 Å². The smallest absolute Gasteiger partial charge is 0.194 e. The molecule has 4 atom stereocenters. The predicted molar refractivity (Wildman–Crippen MR) is 61.9 cm³/mol. The van der Waals surface area contributed by atoms with Crippen molar-refractivity contribution in [3.05, 3.63) is 35.9 Å². The molecule has 1 aromatic carbocycles. The van der Waals surface area contributed by atoms with Crippen molar-refractivity contribution in [3.8, 4) is 0 Å². The Morgan fingerprint density at radius 2 is 1.56 bits per heavy atom. The van der Waals surface area contributed by atoms with Crippen molar-refractivity contribution in [3.63, 3.8) is 0 Å². The van der Waals surface area contributed by atoms with Crippen LogP contribution in [0.1, 0.15) is 10.4 Å². The van der Waals surface area contributed by atoms with Crippen molar-refractivity contribution < 1.29 is 30.3 Å². The van der Waals surface area contributed by atoms with Crippen LogP contribution in [0, 0.1) is 0 Å². The number of benzene rings is 1. The zero-order valence-corrected chi connectivity index (χ0v) is 9.55. The molecule has 0 aliphatic rings. The Morgan fingerprint density at radius 3 is 2.06 bits per heavy atom. The molecule has 1 rings (SSSR count). The van der Waals surface area contributed by atoms with Crippen molar-refractivity contribution in [1.82, 2.24) is 0 Å². The van der Waals surface area contributed by atoms with Crippen LogP contribution >= 0.6 is 0 Å². The normalized spacial score (nSPS) is 17.8. The third kappa shape index (κ3) is 3.34. The molecule has 0 aliphatic carbocycles. The Labute approximate surface area is 104 Å². The molecule has 0 radical (unpaired) electrons. The number of hydrogen-bond donors (Lipinski definition) is 5. The molecule has 0 aliphatic heterocycles. The minimum atomic E-state index is -1.88. The quantitative estimate of drug-likeness (QED) is 0.387. The molecule has 100 valence electrons. The highest BCUT2D eigenvalue weighted by Gasteiger charge is 2.34. The summed E-state index contributed by atoms with van der Waals surface area (Å²) in [6.45, 7) is -0.787. The summed E-state index contributed by atoms with van der Waals surface area (Å²) in [5.74, 6) is -0.771. The molecule has 5 N–H and O–H groups in total. The fourth-order valence-electron chi connectivity index (χ4n) is 1.45. The molecule has 0 amide bonds. The van der Waals surface area contributed by atoms with Gasteiger partial charge in [-0.1, -0.05) is 30.3 Å². The number of aliphatic hydroxyl groups excluding tert-OH is 5. The van der Waals surface area contributed by atoms with E-state index in [-0.39, 0.29) is 5.56 Å². The number of ketones is 1. The third-order valence-electron chi connectivity index (χ3n) is 2.58. The fraction of sp³-hybridized carbons (Fsp3) is 0.417. The first-order valence-corrected chi connectivity index (χ1v) is 5.41. The Kier molecular flexibility index (Phi) is 5.39. The molecule has 0 unspecified atom stereocenters. The summed E-state index contributed by atoms with van der Waals surface area (Å²) in [4.78, 5) is 11.7. The molecule has 0 heterocycles. The van der Waals surface area contributed by atoms with E-state index in [1.165, 1.54) is 12.1 Å². The summed E-state index contributed by atoms with van der Waals surface area (Å²) in [5, 5.41) is 46.2. The predicted octanol–water partition coefficient (Wildman–Crippen LogP) is -1.69. The highest BCUT2D eigenvalue weighted by molar-refractivity contribution is 5.99. The average Bonchev–Trinajstić information content (AvgIpc) is 2.44. The van der Waals surface area contributed by atoms with Crippen LogP contribution in [-0.4, -0.2) is 62.3 Å². The van der Waals surface area contributed by atoms with E-state index >= 15 is 0 Å². The molecule has 18 heavy (non-hydrogen) atoms. The van der Waals surface area contributed by atoms with Gasteiger partial charge in [0.2, 0.25) is 0 Å². The maximum atomic E-state index is 11.7. The van der Waals surface area contributed by atoms with E-state index in [9.17, 15) is 20.1 Å². The minimum absolute atomic E-state index is 0.176. The average molecular weight is 256 g/mol. The van der Waals surface area contributed by atoms with Crippen molar-refractivity contribution in [2.45, 2.75) is 24.4 Å². The molecule has 6 heteroatoms. The van der Waals surface area contributed by atoms with Gasteiger partial charge < -0.3 is 25.5 Å². The summed E-state index contributed by atoms with van der Waals surface area (Å²) >= 11 is 0. The number of hydrogen-bond acceptors (Lipinski definition) is 6. The van der Waals surface area contributed by atoms with E-state index in [1.807, 2.05) is 0 Å². The van der Waals surface area contributed by atoms with Crippen LogP contribution < -0.4 is 0 Å². The van der Waals surface area contributed by atoms with Gasteiger partial charge in [0.05, 0.1) is 6.61 Å². The molecule has 0 bridgehead atoms. The Morgan fingerprint density at radius 1 is 1.00 bits per heavy atom. The van der Waals surface area contributed by atoms with Gasteiger partial charge in [0, 0.05) is 5.56 Å². The van der Waals surface area contributed by atoms with Gasteiger partial charge in [-0.15, -0.1) is 0 Å². The topological polar surface area (TPSA) is 118 Å². The Balaban J connectivity index is 2.75. The summed E-state index contributed by atoms with van der Waals surface area (Å²) in [6, 6.07) is 7.76. The highest BCUT2D eigenvalue weighted by Crippen LogP contribution is 2.11. The van der Waals surface area contributed by atoms with Gasteiger partial charge in [0.25, 0.3) is 0 Å². The molecular formula is C12H16O6. The molecular weight excluding hydrogens is 240 g/mol. The van der Waals surface area contributed by atoms with Crippen LogP contribution in [0.3, 0.4) is 0 Å². The third-order valence-corrected chi connectivity index (χ3v) is 2.58. The van der Waals surface area contributed by atoms with Gasteiger partial charge >= 0.3 is 0 Å². The van der Waals surface area contributed by atoms with E-state index in [1.54, 1.807) is 18.2 Å². The van der Waals surface area contributed by atoms with Gasteiger partial charge in [-0.05, 0) is 0 Å². The van der Waals surface area contributed by atoms with Gasteiger partial charge in [-0.3, -0.25) is 4.79 Å². The SMILES string of the molecule is O=C(c1ccccc1)[C@@H](O)[C@@H](O)[C@H](O)[C@H](O)CO.